The molecule has 25 heavy (non-hydrogen) atoms. The second-order valence-corrected chi connectivity index (χ2v) is 7.04. The summed E-state index contributed by atoms with van der Waals surface area (Å²) >= 11 is 0. The lowest BCUT2D eigenvalue weighted by atomic mass is 9.82. The van der Waals surface area contributed by atoms with Crippen LogP contribution in [0.25, 0.3) is 0 Å². The highest BCUT2D eigenvalue weighted by atomic mass is 16.5. The molecule has 1 aliphatic heterocycles. The monoisotopic (exact) mass is 345 g/mol. The molecule has 0 atom stereocenters. The van der Waals surface area contributed by atoms with Crippen LogP contribution in [-0.2, 0) is 20.7 Å². The maximum atomic E-state index is 12.4. The molecule has 0 bridgehead atoms. The zero-order valence-corrected chi connectivity index (χ0v) is 14.6. The lowest BCUT2D eigenvalue weighted by Gasteiger charge is -2.31. The molecule has 1 saturated carbocycles. The average Bonchev–Trinajstić information content (AvgIpc) is 2.64. The summed E-state index contributed by atoms with van der Waals surface area (Å²) in [6, 6.07) is 7.45. The SMILES string of the molecule is NC1(C(=O)Nc2ccc(CC(=O)N3CCOCC3)cc2)CCCCC1. The van der Waals surface area contributed by atoms with Crippen LogP contribution < -0.4 is 11.1 Å². The van der Waals surface area contributed by atoms with E-state index < -0.39 is 5.54 Å². The molecule has 0 radical (unpaired) electrons. The number of carbonyl (C=O) groups is 2. The fourth-order valence-corrected chi connectivity index (χ4v) is 3.47. The largest absolute Gasteiger partial charge is 0.378 e. The maximum Gasteiger partial charge on any atom is 0.244 e. The van der Waals surface area contributed by atoms with Gasteiger partial charge >= 0.3 is 0 Å². The summed E-state index contributed by atoms with van der Waals surface area (Å²) in [5, 5.41) is 2.92. The number of morpholine rings is 1. The minimum atomic E-state index is -0.747. The van der Waals surface area contributed by atoms with Gasteiger partial charge in [0.1, 0.15) is 0 Å². The van der Waals surface area contributed by atoms with Gasteiger partial charge in [-0.2, -0.15) is 0 Å². The molecule has 1 aromatic rings. The maximum absolute atomic E-state index is 12.4. The van der Waals surface area contributed by atoms with Crippen LogP contribution >= 0.6 is 0 Å². The number of anilines is 1. The summed E-state index contributed by atoms with van der Waals surface area (Å²) in [6.07, 6.45) is 5.02. The van der Waals surface area contributed by atoms with Gasteiger partial charge in [-0.15, -0.1) is 0 Å². The molecule has 3 N–H and O–H groups in total. The number of ether oxygens (including phenoxy) is 1. The molecule has 1 aromatic carbocycles. The Labute approximate surface area is 148 Å². The van der Waals surface area contributed by atoms with Gasteiger partial charge in [0.15, 0.2) is 0 Å². The van der Waals surface area contributed by atoms with Gasteiger partial charge in [0.25, 0.3) is 0 Å². The van der Waals surface area contributed by atoms with Gasteiger partial charge in [-0.1, -0.05) is 31.4 Å². The van der Waals surface area contributed by atoms with Crippen molar-refractivity contribution in [2.24, 2.45) is 5.73 Å². The summed E-state index contributed by atoms with van der Waals surface area (Å²) in [6.45, 7) is 2.53. The van der Waals surface area contributed by atoms with Crippen LogP contribution in [0.1, 0.15) is 37.7 Å². The van der Waals surface area contributed by atoms with E-state index in [0.29, 0.717) is 32.7 Å². The van der Waals surface area contributed by atoms with Crippen molar-refractivity contribution in [1.82, 2.24) is 4.90 Å². The number of rotatable bonds is 4. The normalized spacial score (nSPS) is 20.1. The summed E-state index contributed by atoms with van der Waals surface area (Å²) < 4.78 is 5.27. The number of hydrogen-bond acceptors (Lipinski definition) is 4. The van der Waals surface area contributed by atoms with Crippen LogP contribution in [0.15, 0.2) is 24.3 Å². The molecule has 1 aliphatic carbocycles. The fourth-order valence-electron chi connectivity index (χ4n) is 3.47. The van der Waals surface area contributed by atoms with Gasteiger partial charge < -0.3 is 20.7 Å². The Morgan fingerprint density at radius 2 is 1.72 bits per heavy atom. The van der Waals surface area contributed by atoms with E-state index in [-0.39, 0.29) is 11.8 Å². The zero-order chi connectivity index (χ0) is 17.7. The molecule has 2 amide bonds. The third-order valence-electron chi connectivity index (χ3n) is 5.13. The van der Waals surface area contributed by atoms with Crippen molar-refractivity contribution in [3.63, 3.8) is 0 Å². The van der Waals surface area contributed by atoms with Crippen LogP contribution in [0, 0.1) is 0 Å². The minimum absolute atomic E-state index is 0.107. The number of benzene rings is 1. The number of nitrogens with one attached hydrogen (secondary N) is 1. The predicted molar refractivity (Wildman–Crippen MR) is 96.2 cm³/mol. The predicted octanol–water partition coefficient (Wildman–Crippen LogP) is 1.69. The van der Waals surface area contributed by atoms with Crippen LogP contribution in [0.3, 0.4) is 0 Å². The molecular weight excluding hydrogens is 318 g/mol. The van der Waals surface area contributed by atoms with Crippen molar-refractivity contribution in [3.05, 3.63) is 29.8 Å². The Morgan fingerprint density at radius 3 is 2.36 bits per heavy atom. The molecule has 0 spiro atoms. The smallest absolute Gasteiger partial charge is 0.244 e. The molecule has 2 fully saturated rings. The molecule has 136 valence electrons. The van der Waals surface area contributed by atoms with Crippen LogP contribution in [-0.4, -0.2) is 48.6 Å². The third-order valence-corrected chi connectivity index (χ3v) is 5.13. The van der Waals surface area contributed by atoms with E-state index >= 15 is 0 Å². The molecule has 3 rings (SSSR count). The molecule has 1 heterocycles. The van der Waals surface area contributed by atoms with E-state index in [1.165, 1.54) is 0 Å². The third kappa shape index (κ3) is 4.58. The number of amides is 2. The number of nitrogens with two attached hydrogens (primary N) is 1. The Hall–Kier alpha value is -1.92. The Bertz CT molecular complexity index is 603. The Kier molecular flexibility index (Phi) is 5.71. The number of carbonyl (C=O) groups excluding carboxylic acids is 2. The van der Waals surface area contributed by atoms with E-state index in [4.69, 9.17) is 10.5 Å². The topological polar surface area (TPSA) is 84.7 Å². The molecular formula is C19H27N3O3. The first-order valence-electron chi connectivity index (χ1n) is 9.12. The van der Waals surface area contributed by atoms with E-state index in [2.05, 4.69) is 5.32 Å². The summed E-state index contributed by atoms with van der Waals surface area (Å²) in [5.74, 6) is 0.00699. The van der Waals surface area contributed by atoms with Crippen LogP contribution in [0.4, 0.5) is 5.69 Å². The van der Waals surface area contributed by atoms with Gasteiger partial charge in [-0.3, -0.25) is 9.59 Å². The average molecular weight is 345 g/mol. The number of nitrogens with zero attached hydrogens (tertiary/aromatic N) is 1. The molecule has 6 nitrogen and oxygen atoms in total. The van der Waals surface area contributed by atoms with Crippen molar-refractivity contribution in [2.45, 2.75) is 44.1 Å². The van der Waals surface area contributed by atoms with E-state index in [1.54, 1.807) is 0 Å². The molecule has 2 aliphatic rings. The van der Waals surface area contributed by atoms with Crippen molar-refractivity contribution in [2.75, 3.05) is 31.6 Å². The standard InChI is InChI=1S/C19H27N3O3/c20-19(8-2-1-3-9-19)18(24)21-16-6-4-15(5-7-16)14-17(23)22-10-12-25-13-11-22/h4-7H,1-3,8-14,20H2,(H,21,24). The minimum Gasteiger partial charge on any atom is -0.378 e. The first-order chi connectivity index (χ1) is 12.1. The van der Waals surface area contributed by atoms with Gasteiger partial charge in [0.05, 0.1) is 25.2 Å². The summed E-state index contributed by atoms with van der Waals surface area (Å²) in [5.41, 5.74) is 7.17. The molecule has 0 aromatic heterocycles. The first-order valence-corrected chi connectivity index (χ1v) is 9.12. The van der Waals surface area contributed by atoms with Crippen molar-refractivity contribution in [3.8, 4) is 0 Å². The number of hydrogen-bond donors (Lipinski definition) is 2. The van der Waals surface area contributed by atoms with Gasteiger partial charge in [-0.05, 0) is 30.5 Å². The molecule has 1 saturated heterocycles. The van der Waals surface area contributed by atoms with Crippen molar-refractivity contribution >= 4 is 17.5 Å². The lowest BCUT2D eigenvalue weighted by molar-refractivity contribution is -0.134. The fraction of sp³-hybridized carbons (Fsp3) is 0.579. The van der Waals surface area contributed by atoms with Gasteiger partial charge in [0.2, 0.25) is 11.8 Å². The highest BCUT2D eigenvalue weighted by Gasteiger charge is 2.35. The van der Waals surface area contributed by atoms with Crippen LogP contribution in [0.5, 0.6) is 0 Å². The van der Waals surface area contributed by atoms with Crippen molar-refractivity contribution < 1.29 is 14.3 Å². The van der Waals surface area contributed by atoms with Gasteiger partial charge in [0, 0.05) is 18.8 Å². The highest BCUT2D eigenvalue weighted by Crippen LogP contribution is 2.27. The van der Waals surface area contributed by atoms with Crippen LogP contribution in [0.2, 0.25) is 0 Å². The quantitative estimate of drug-likeness (QED) is 0.870. The highest BCUT2D eigenvalue weighted by molar-refractivity contribution is 5.98. The molecule has 0 unspecified atom stereocenters. The summed E-state index contributed by atoms with van der Waals surface area (Å²) in [4.78, 5) is 26.5. The lowest BCUT2D eigenvalue weighted by Crippen LogP contribution is -2.52. The Morgan fingerprint density at radius 1 is 1.08 bits per heavy atom. The van der Waals surface area contributed by atoms with E-state index in [9.17, 15) is 9.59 Å². The Balaban J connectivity index is 1.54. The second-order valence-electron chi connectivity index (χ2n) is 7.04. The van der Waals surface area contributed by atoms with Gasteiger partial charge in [-0.25, -0.2) is 0 Å². The molecule has 6 heteroatoms. The van der Waals surface area contributed by atoms with E-state index in [1.807, 2.05) is 29.2 Å². The zero-order valence-electron chi connectivity index (χ0n) is 14.6. The second kappa shape index (κ2) is 7.97. The summed E-state index contributed by atoms with van der Waals surface area (Å²) in [7, 11) is 0. The van der Waals surface area contributed by atoms with E-state index in [0.717, 1.165) is 43.4 Å². The van der Waals surface area contributed by atoms with Crippen molar-refractivity contribution in [1.29, 1.82) is 0 Å². The first kappa shape index (κ1) is 17.9.